The second-order valence-corrected chi connectivity index (χ2v) is 19.3. The molecule has 3 aromatic heterocycles. The molecule has 0 aliphatic rings. The number of nitrogens with zero attached hydrogens (tertiary/aromatic N) is 2. The number of aromatic nitrogens is 2. The van der Waals surface area contributed by atoms with E-state index in [1.54, 1.807) is 29.5 Å². The molecule has 1 radical (unpaired) electrons. The molecule has 0 amide bonds. The zero-order chi connectivity index (χ0) is 35.6. The molecule has 245 valence electrons. The number of pyridine rings is 2. The van der Waals surface area contributed by atoms with Gasteiger partial charge in [0.05, 0.1) is 8.07 Å². The van der Waals surface area contributed by atoms with Crippen molar-refractivity contribution in [3.05, 3.63) is 139 Å². The Balaban J connectivity index is 0.000000249. The topological polar surface area (TPSA) is 25.8 Å². The maximum Gasteiger partial charge on any atom is 0.123 e. The second-order valence-electron chi connectivity index (χ2n) is 13.2. The molecule has 0 unspecified atom stereocenters. The maximum atomic E-state index is 13.5. The van der Waals surface area contributed by atoms with E-state index < -0.39 is 14.9 Å². The van der Waals surface area contributed by atoms with Crippen molar-refractivity contribution >= 4 is 44.8 Å². The predicted molar refractivity (Wildman–Crippen MR) is 202 cm³/mol. The number of benzene rings is 4. The smallest absolute Gasteiger partial charge is 0.123 e. The Morgan fingerprint density at radius 1 is 0.875 bits per heavy atom. The van der Waals surface area contributed by atoms with Crippen LogP contribution in [0.5, 0.6) is 0 Å². The molecular weight excluding hydrogens is 804 g/mol. The van der Waals surface area contributed by atoms with Crippen LogP contribution in [0.3, 0.4) is 0 Å². The second kappa shape index (κ2) is 15.2. The van der Waals surface area contributed by atoms with E-state index in [1.807, 2.05) is 60.9 Å². The van der Waals surface area contributed by atoms with E-state index in [0.29, 0.717) is 11.3 Å². The molecule has 0 fully saturated rings. The summed E-state index contributed by atoms with van der Waals surface area (Å²) >= 11 is 1.54. The summed E-state index contributed by atoms with van der Waals surface area (Å²) in [7, 11) is -1.23. The van der Waals surface area contributed by atoms with Crippen LogP contribution in [0.15, 0.2) is 109 Å². The van der Waals surface area contributed by atoms with Crippen LogP contribution in [0.4, 0.5) is 4.39 Å². The summed E-state index contributed by atoms with van der Waals surface area (Å²) < 4.78 is 39.8. The first-order chi connectivity index (χ1) is 23.8. The fourth-order valence-corrected chi connectivity index (χ4v) is 8.05. The Bertz CT molecular complexity index is 2250. The van der Waals surface area contributed by atoms with Gasteiger partial charge >= 0.3 is 0 Å². The van der Waals surface area contributed by atoms with Gasteiger partial charge in [0.1, 0.15) is 5.82 Å². The molecule has 0 aliphatic heterocycles. The molecule has 2 nitrogen and oxygen atoms in total. The van der Waals surface area contributed by atoms with E-state index in [9.17, 15) is 4.39 Å². The third-order valence-electron chi connectivity index (χ3n) is 8.07. The number of hydrogen-bond donors (Lipinski definition) is 0. The summed E-state index contributed by atoms with van der Waals surface area (Å²) in [6.07, 6.45) is 4.76. The molecule has 0 saturated heterocycles. The minimum Gasteiger partial charge on any atom is -0.305 e. The molecule has 48 heavy (non-hydrogen) atoms. The molecule has 7 aromatic rings. The van der Waals surface area contributed by atoms with Crippen molar-refractivity contribution in [1.29, 1.82) is 0 Å². The molecule has 0 saturated carbocycles. The van der Waals surface area contributed by atoms with Gasteiger partial charge in [0.2, 0.25) is 0 Å². The van der Waals surface area contributed by atoms with Gasteiger partial charge in [0.15, 0.2) is 0 Å². The Hall–Kier alpha value is -3.80. The number of hydrogen-bond acceptors (Lipinski definition) is 3. The fraction of sp³-hybridized carbons (Fsp3) is 0.190. The van der Waals surface area contributed by atoms with E-state index in [2.05, 4.69) is 73.8 Å². The summed E-state index contributed by atoms with van der Waals surface area (Å²) in [5.74, 6) is 0.223. The van der Waals surface area contributed by atoms with Crippen molar-refractivity contribution in [2.45, 2.75) is 46.8 Å². The molecule has 0 atom stereocenters. The van der Waals surface area contributed by atoms with E-state index >= 15 is 0 Å². The first kappa shape index (κ1) is 31.5. The Labute approximate surface area is 306 Å². The van der Waals surface area contributed by atoms with Crippen molar-refractivity contribution in [2.75, 3.05) is 0 Å². The predicted octanol–water partition coefficient (Wildman–Crippen LogP) is 11.3. The van der Waals surface area contributed by atoms with Crippen LogP contribution in [-0.4, -0.2) is 18.0 Å². The molecule has 6 heteroatoms. The molecular formula is C42H39FIrN2SSi-2. The average Bonchev–Trinajstić information content (AvgIpc) is 3.48. The van der Waals surface area contributed by atoms with Crippen LogP contribution in [0.2, 0.25) is 19.6 Å². The van der Waals surface area contributed by atoms with Gasteiger partial charge in [-0.3, -0.25) is 0 Å². The molecule has 0 N–H and O–H groups in total. The van der Waals surface area contributed by atoms with Crippen molar-refractivity contribution in [2.24, 2.45) is 5.92 Å². The maximum absolute atomic E-state index is 13.5. The third kappa shape index (κ3) is 7.90. The first-order valence-corrected chi connectivity index (χ1v) is 20.2. The zero-order valence-electron chi connectivity index (χ0n) is 30.7. The number of rotatable bonds is 6. The summed E-state index contributed by atoms with van der Waals surface area (Å²) in [6.45, 7) is 9.08. The molecule has 4 aromatic carbocycles. The fourth-order valence-electron chi connectivity index (χ4n) is 5.65. The van der Waals surface area contributed by atoms with Crippen molar-refractivity contribution in [1.82, 2.24) is 9.97 Å². The van der Waals surface area contributed by atoms with Crippen molar-refractivity contribution < 1.29 is 28.6 Å². The molecule has 0 aliphatic carbocycles. The van der Waals surface area contributed by atoms with Gasteiger partial charge in [-0.2, -0.15) is 11.3 Å². The van der Waals surface area contributed by atoms with E-state index in [0.717, 1.165) is 54.8 Å². The van der Waals surface area contributed by atoms with Gasteiger partial charge in [-0.1, -0.05) is 99.8 Å². The Morgan fingerprint density at radius 3 is 2.35 bits per heavy atom. The zero-order valence-corrected chi connectivity index (χ0v) is 31.9. The quantitative estimate of drug-likeness (QED) is 0.123. The van der Waals surface area contributed by atoms with Crippen LogP contribution in [0.25, 0.3) is 53.8 Å². The number of aryl methyl sites for hydroxylation is 1. The number of fused-ring (bicyclic) bond motifs is 3. The molecule has 3 heterocycles. The monoisotopic (exact) mass is 846 g/mol. The van der Waals surface area contributed by atoms with Crippen molar-refractivity contribution in [3.63, 3.8) is 0 Å². The normalized spacial score (nSPS) is 12.5. The molecule has 7 rings (SSSR count). The van der Waals surface area contributed by atoms with Gasteiger partial charge in [-0.05, 0) is 68.3 Å². The molecule has 0 bridgehead atoms. The van der Waals surface area contributed by atoms with Gasteiger partial charge in [-0.25, -0.2) is 4.39 Å². The number of halogens is 1. The third-order valence-corrected chi connectivity index (χ3v) is 11.4. The minimum atomic E-state index is -2.28. The van der Waals surface area contributed by atoms with Crippen LogP contribution in [0.1, 0.15) is 29.1 Å². The summed E-state index contributed by atoms with van der Waals surface area (Å²) in [5.41, 5.74) is 6.96. The molecule has 0 spiro atoms. The number of thiophene rings is 1. The van der Waals surface area contributed by atoms with Crippen LogP contribution in [-0.2, 0) is 26.5 Å². The van der Waals surface area contributed by atoms with Crippen molar-refractivity contribution in [3.8, 4) is 33.6 Å². The van der Waals surface area contributed by atoms with Gasteiger partial charge in [-0.15, -0.1) is 59.2 Å². The largest absolute Gasteiger partial charge is 0.305 e. The SMILES string of the molecule is C[Si](C)(C)c1ccc(-c2[c-]cccc2)nc1.[2H]C([2H])([2H])c1c[c-]c(-c2cc(CC(C)C)ccn2)c2sc3c(-c4ccc(F)cc4)cccc3c12.[Ir]. The summed E-state index contributed by atoms with van der Waals surface area (Å²) in [4.78, 5) is 9.13. The summed E-state index contributed by atoms with van der Waals surface area (Å²) in [5, 5.41) is 2.99. The van der Waals surface area contributed by atoms with Gasteiger partial charge < -0.3 is 9.97 Å². The van der Waals surface area contributed by atoms with Crippen LogP contribution >= 0.6 is 11.3 Å². The van der Waals surface area contributed by atoms with E-state index in [4.69, 9.17) is 4.11 Å². The Kier molecular flexibility index (Phi) is 9.95. The van der Waals surface area contributed by atoms with Gasteiger partial charge in [0, 0.05) is 41.3 Å². The van der Waals surface area contributed by atoms with E-state index in [-0.39, 0.29) is 31.5 Å². The minimum absolute atomic E-state index is 0. The average molecular weight is 846 g/mol. The van der Waals surface area contributed by atoms with Gasteiger partial charge in [0.25, 0.3) is 0 Å². The van der Waals surface area contributed by atoms with Crippen LogP contribution in [0, 0.1) is 30.7 Å². The Morgan fingerprint density at radius 2 is 1.69 bits per heavy atom. The summed E-state index contributed by atoms with van der Waals surface area (Å²) in [6, 6.07) is 36.6. The van der Waals surface area contributed by atoms with E-state index in [1.165, 1.54) is 22.9 Å². The standard InChI is InChI=1S/C28H23FNS.C14H16NSi.Ir/c1-17(2)15-19-13-14-30-25(16-19)23-12-7-18(3)26-24-6-4-5-22(27(24)31-28(23)26)20-8-10-21(29)11-9-20;1-16(2,3)13-9-10-14(15-11-13)12-7-5-4-6-8-12;/h4-11,13-14,16-17H,15H2,1-3H3;4-7,9-11H,1-3H3;/q2*-1;/i3D3;;. The van der Waals surface area contributed by atoms with Crippen LogP contribution < -0.4 is 5.19 Å². The first-order valence-electron chi connectivity index (χ1n) is 17.3.